The lowest BCUT2D eigenvalue weighted by Crippen LogP contribution is -2.35. The van der Waals surface area contributed by atoms with Gasteiger partial charge in [-0.05, 0) is 64.5 Å². The van der Waals surface area contributed by atoms with Gasteiger partial charge in [-0.2, -0.15) is 0 Å². The van der Waals surface area contributed by atoms with E-state index >= 15 is 0 Å². The first-order valence-electron chi connectivity index (χ1n) is 11.8. The summed E-state index contributed by atoms with van der Waals surface area (Å²) >= 11 is 0. The molecule has 9 heteroatoms. The van der Waals surface area contributed by atoms with Crippen LogP contribution in [0.1, 0.15) is 26.1 Å². The molecule has 35 heavy (non-hydrogen) atoms. The van der Waals surface area contributed by atoms with Gasteiger partial charge >= 0.3 is 0 Å². The maximum Gasteiger partial charge on any atom is 0.206 e. The highest BCUT2D eigenvalue weighted by Crippen LogP contribution is 2.32. The van der Waals surface area contributed by atoms with Gasteiger partial charge in [0.25, 0.3) is 0 Å². The summed E-state index contributed by atoms with van der Waals surface area (Å²) in [6, 6.07) is 11.3. The van der Waals surface area contributed by atoms with Gasteiger partial charge in [-0.15, -0.1) is 10.2 Å². The van der Waals surface area contributed by atoms with Gasteiger partial charge in [0.05, 0.1) is 17.4 Å². The number of hydrogen-bond donors (Lipinski definition) is 2. The molecule has 1 fully saturated rings. The molecular weight excluding hydrogens is 440 g/mol. The number of rotatable bonds is 4. The molecule has 4 rings (SSSR count). The minimum Gasteiger partial charge on any atom is -0.507 e. The van der Waals surface area contributed by atoms with Crippen molar-refractivity contribution in [3.05, 3.63) is 48.4 Å². The summed E-state index contributed by atoms with van der Waals surface area (Å²) in [5, 5.41) is 18.6. The number of anilines is 3. The van der Waals surface area contributed by atoms with Crippen molar-refractivity contribution in [2.45, 2.75) is 32.4 Å². The quantitative estimate of drug-likeness (QED) is 0.554. The number of nitrogens with two attached hydrogens (primary N) is 1. The third-order valence-corrected chi connectivity index (χ3v) is 6.38. The number of para-hydroxylation sites is 1. The van der Waals surface area contributed by atoms with E-state index in [-0.39, 0.29) is 17.8 Å². The number of nitrogen functional groups attached to an aromatic ring is 1. The standard InChI is InChI=1S/C26H32N8O/c1-18(32(3)4)9-10-24-28-13-11-25(29-24)34-16-15-33(14-12-19(34)2)22-17-21(30-31-26(22)27)20-7-5-6-8-23(20)35/h5-8,11,13,17-19,35H,12,14-16H2,1-4H3,(H2,27,31)/t18-,19-/m1/s1. The lowest BCUT2D eigenvalue weighted by atomic mass is 10.1. The lowest BCUT2D eigenvalue weighted by Gasteiger charge is -2.28. The predicted octanol–water partition coefficient (Wildman–Crippen LogP) is 2.63. The van der Waals surface area contributed by atoms with Gasteiger partial charge in [-0.3, -0.25) is 4.90 Å². The molecule has 1 aliphatic heterocycles. The molecule has 0 radical (unpaired) electrons. The average Bonchev–Trinajstić information content (AvgIpc) is 3.05. The number of phenolic OH excluding ortho intramolecular Hbond substituents is 1. The molecular formula is C26H32N8O. The molecule has 9 nitrogen and oxygen atoms in total. The summed E-state index contributed by atoms with van der Waals surface area (Å²) < 4.78 is 0. The highest BCUT2D eigenvalue weighted by atomic mass is 16.3. The Morgan fingerprint density at radius 1 is 1.14 bits per heavy atom. The van der Waals surface area contributed by atoms with Crippen molar-refractivity contribution in [1.82, 2.24) is 25.1 Å². The SMILES string of the molecule is C[C@H](C#Cc1nccc(N2CCN(c3cc(-c4ccccc4O)nnc3N)CC[C@H]2C)n1)N(C)C. The first kappa shape index (κ1) is 24.2. The van der Waals surface area contributed by atoms with E-state index in [9.17, 15) is 5.11 Å². The first-order valence-corrected chi connectivity index (χ1v) is 11.8. The van der Waals surface area contributed by atoms with E-state index in [0.29, 0.717) is 22.9 Å². The second-order valence-corrected chi connectivity index (χ2v) is 8.98. The molecule has 0 spiro atoms. The van der Waals surface area contributed by atoms with Crippen LogP contribution < -0.4 is 15.5 Å². The van der Waals surface area contributed by atoms with Crippen molar-refractivity contribution >= 4 is 17.3 Å². The minimum atomic E-state index is 0.120. The third-order valence-electron chi connectivity index (χ3n) is 6.38. The Labute approximate surface area is 206 Å². The monoisotopic (exact) mass is 472 g/mol. The number of nitrogens with zero attached hydrogens (tertiary/aromatic N) is 7. The van der Waals surface area contributed by atoms with Gasteiger partial charge in [-0.1, -0.05) is 18.1 Å². The van der Waals surface area contributed by atoms with Crippen LogP contribution in [0, 0.1) is 11.8 Å². The largest absolute Gasteiger partial charge is 0.507 e. The Balaban J connectivity index is 1.55. The molecule has 182 valence electrons. The van der Waals surface area contributed by atoms with E-state index in [4.69, 9.17) is 10.7 Å². The van der Waals surface area contributed by atoms with Crippen LogP contribution in [0.3, 0.4) is 0 Å². The summed E-state index contributed by atoms with van der Waals surface area (Å²) in [5.41, 5.74) is 8.27. The van der Waals surface area contributed by atoms with E-state index in [1.165, 1.54) is 0 Å². The van der Waals surface area contributed by atoms with Gasteiger partial charge < -0.3 is 20.6 Å². The molecule has 0 unspecified atom stereocenters. The molecule has 3 N–H and O–H groups in total. The molecule has 0 saturated carbocycles. The van der Waals surface area contributed by atoms with Crippen LogP contribution in [0.25, 0.3) is 11.3 Å². The molecule has 0 amide bonds. The van der Waals surface area contributed by atoms with Gasteiger partial charge in [-0.25, -0.2) is 9.97 Å². The van der Waals surface area contributed by atoms with Gasteiger partial charge in [0.2, 0.25) is 5.82 Å². The van der Waals surface area contributed by atoms with Crippen LogP contribution in [0.4, 0.5) is 17.3 Å². The second-order valence-electron chi connectivity index (χ2n) is 8.98. The van der Waals surface area contributed by atoms with Crippen LogP contribution >= 0.6 is 0 Å². The van der Waals surface area contributed by atoms with Crippen LogP contribution in [0.2, 0.25) is 0 Å². The van der Waals surface area contributed by atoms with Crippen LogP contribution in [0.15, 0.2) is 42.6 Å². The van der Waals surface area contributed by atoms with E-state index in [0.717, 1.165) is 37.6 Å². The summed E-state index contributed by atoms with van der Waals surface area (Å²) in [4.78, 5) is 15.6. The van der Waals surface area contributed by atoms with Gasteiger partial charge in [0, 0.05) is 37.4 Å². The van der Waals surface area contributed by atoms with Crippen molar-refractivity contribution in [2.24, 2.45) is 0 Å². The van der Waals surface area contributed by atoms with E-state index in [1.807, 2.05) is 50.2 Å². The molecule has 1 saturated heterocycles. The first-order chi connectivity index (χ1) is 16.8. The number of phenols is 1. The maximum atomic E-state index is 10.2. The number of benzene rings is 1. The number of hydrogen-bond acceptors (Lipinski definition) is 9. The molecule has 0 aliphatic carbocycles. The highest BCUT2D eigenvalue weighted by molar-refractivity contribution is 5.74. The van der Waals surface area contributed by atoms with Crippen molar-refractivity contribution in [2.75, 3.05) is 49.3 Å². The molecule has 0 bridgehead atoms. The molecule has 3 heterocycles. The number of aromatic hydroxyl groups is 1. The van der Waals surface area contributed by atoms with E-state index in [1.54, 1.807) is 18.3 Å². The molecule has 2 atom stereocenters. The maximum absolute atomic E-state index is 10.2. The van der Waals surface area contributed by atoms with Crippen LogP contribution in [0.5, 0.6) is 5.75 Å². The zero-order valence-electron chi connectivity index (χ0n) is 20.7. The van der Waals surface area contributed by atoms with E-state index in [2.05, 4.69) is 43.7 Å². The summed E-state index contributed by atoms with van der Waals surface area (Å²) in [5.74, 6) is 8.22. The predicted molar refractivity (Wildman–Crippen MR) is 139 cm³/mol. The Morgan fingerprint density at radius 3 is 2.71 bits per heavy atom. The highest BCUT2D eigenvalue weighted by Gasteiger charge is 2.24. The Kier molecular flexibility index (Phi) is 7.32. The van der Waals surface area contributed by atoms with Crippen molar-refractivity contribution in [3.8, 4) is 28.8 Å². The zero-order chi connectivity index (χ0) is 24.9. The topological polar surface area (TPSA) is 108 Å². The Bertz CT molecular complexity index is 1240. The minimum absolute atomic E-state index is 0.120. The molecule has 3 aromatic rings. The fourth-order valence-electron chi connectivity index (χ4n) is 3.97. The Morgan fingerprint density at radius 2 is 1.94 bits per heavy atom. The molecule has 1 aliphatic rings. The van der Waals surface area contributed by atoms with Crippen LogP contribution in [-0.2, 0) is 0 Å². The number of aromatic nitrogens is 4. The summed E-state index contributed by atoms with van der Waals surface area (Å²) in [6.07, 6.45) is 2.68. The van der Waals surface area contributed by atoms with Crippen molar-refractivity contribution in [3.63, 3.8) is 0 Å². The van der Waals surface area contributed by atoms with Crippen molar-refractivity contribution in [1.29, 1.82) is 0 Å². The third kappa shape index (κ3) is 5.61. The van der Waals surface area contributed by atoms with Gasteiger partial charge in [0.1, 0.15) is 11.6 Å². The molecule has 2 aromatic heterocycles. The van der Waals surface area contributed by atoms with E-state index < -0.39 is 0 Å². The summed E-state index contributed by atoms with van der Waals surface area (Å²) in [7, 11) is 4.00. The smallest absolute Gasteiger partial charge is 0.206 e. The normalized spacial score (nSPS) is 17.0. The second kappa shape index (κ2) is 10.6. The fourth-order valence-corrected chi connectivity index (χ4v) is 3.97. The Hall–Kier alpha value is -3.90. The molecule has 1 aromatic carbocycles. The zero-order valence-corrected chi connectivity index (χ0v) is 20.7. The van der Waals surface area contributed by atoms with Gasteiger partial charge in [0.15, 0.2) is 5.82 Å². The van der Waals surface area contributed by atoms with Crippen molar-refractivity contribution < 1.29 is 5.11 Å². The average molecular weight is 473 g/mol. The summed E-state index contributed by atoms with van der Waals surface area (Å²) in [6.45, 7) is 6.56. The lowest BCUT2D eigenvalue weighted by molar-refractivity contribution is 0.373. The fraction of sp³-hybridized carbons (Fsp3) is 0.385. The van der Waals surface area contributed by atoms with Crippen LogP contribution in [-0.4, -0.2) is 76.0 Å².